The van der Waals surface area contributed by atoms with Crippen LogP contribution in [-0.2, 0) is 0 Å². The van der Waals surface area contributed by atoms with E-state index in [1.54, 1.807) is 0 Å². The van der Waals surface area contributed by atoms with Gasteiger partial charge in [0.25, 0.3) is 0 Å². The normalized spacial score (nSPS) is 11.6. The minimum absolute atomic E-state index is 0.665. The number of rotatable bonds is 6. The lowest BCUT2D eigenvalue weighted by Gasteiger charge is -2.10. The molecule has 0 unspecified atom stereocenters. The van der Waals surface area contributed by atoms with Crippen LogP contribution in [0.4, 0.5) is 0 Å². The van der Waals surface area contributed by atoms with Crippen molar-refractivity contribution in [3.8, 4) is 61.7 Å². The number of aromatic nitrogens is 3. The van der Waals surface area contributed by atoms with E-state index in [0.29, 0.717) is 11.4 Å². The minimum Gasteiger partial charge on any atom is -0.451 e. The summed E-state index contributed by atoms with van der Waals surface area (Å²) in [4.78, 5) is 10.3. The van der Waals surface area contributed by atoms with Crippen LogP contribution in [0.1, 0.15) is 0 Å². The number of fused-ring (bicyclic) bond motifs is 6. The Labute approximate surface area is 323 Å². The molecule has 0 aliphatic carbocycles. The van der Waals surface area contributed by atoms with E-state index in [1.807, 2.05) is 24.3 Å². The molecular formula is C52H33N3O. The average molecular weight is 716 g/mol. The largest absolute Gasteiger partial charge is 0.451 e. The van der Waals surface area contributed by atoms with Crippen molar-refractivity contribution in [2.24, 2.45) is 0 Å². The van der Waals surface area contributed by atoms with Gasteiger partial charge in [-0.3, -0.25) is 0 Å². The van der Waals surface area contributed by atoms with E-state index >= 15 is 0 Å². The quantitative estimate of drug-likeness (QED) is 0.172. The molecule has 0 N–H and O–H groups in total. The van der Waals surface area contributed by atoms with Gasteiger partial charge in [-0.05, 0) is 64.2 Å². The van der Waals surface area contributed by atoms with Crippen molar-refractivity contribution in [1.29, 1.82) is 0 Å². The molecule has 4 nitrogen and oxygen atoms in total. The highest BCUT2D eigenvalue weighted by molar-refractivity contribution is 6.12. The molecule has 0 saturated carbocycles. The van der Waals surface area contributed by atoms with Gasteiger partial charge < -0.3 is 8.98 Å². The average Bonchev–Trinajstić information content (AvgIpc) is 3.83. The number of nitrogens with zero attached hydrogens (tertiary/aromatic N) is 3. The van der Waals surface area contributed by atoms with Gasteiger partial charge in [0, 0.05) is 38.5 Å². The minimum atomic E-state index is 0.665. The number of para-hydroxylation sites is 3. The number of hydrogen-bond donors (Lipinski definition) is 0. The number of hydrogen-bond acceptors (Lipinski definition) is 3. The third-order valence-electron chi connectivity index (χ3n) is 10.8. The predicted octanol–water partition coefficient (Wildman–Crippen LogP) is 13.8. The van der Waals surface area contributed by atoms with Crippen molar-refractivity contribution in [2.45, 2.75) is 0 Å². The third kappa shape index (κ3) is 5.31. The maximum Gasteiger partial charge on any atom is 0.180 e. The molecule has 56 heavy (non-hydrogen) atoms. The fraction of sp³-hybridized carbons (Fsp3) is 0. The Balaban J connectivity index is 1.06. The Morgan fingerprint density at radius 3 is 1.73 bits per heavy atom. The Bertz CT molecular complexity index is 3220. The van der Waals surface area contributed by atoms with Gasteiger partial charge in [0.05, 0.1) is 11.0 Å². The van der Waals surface area contributed by atoms with Gasteiger partial charge >= 0.3 is 0 Å². The fourth-order valence-electron chi connectivity index (χ4n) is 8.13. The van der Waals surface area contributed by atoms with Crippen molar-refractivity contribution in [3.05, 3.63) is 200 Å². The molecule has 0 aliphatic rings. The van der Waals surface area contributed by atoms with E-state index in [0.717, 1.165) is 66.8 Å². The summed E-state index contributed by atoms with van der Waals surface area (Å²) in [6.07, 6.45) is 0. The summed E-state index contributed by atoms with van der Waals surface area (Å²) in [6.45, 7) is 0. The smallest absolute Gasteiger partial charge is 0.180 e. The SMILES string of the molecule is c1ccc(-c2ccc(-c3nc(-c4ccccc4)nc4c3oc3c(-c5cccc(-c6ccc7c8ccccc8n(-c8ccccc8)c7c6)c5)cccc34)cc2)cc1. The van der Waals surface area contributed by atoms with Crippen LogP contribution in [-0.4, -0.2) is 14.5 Å². The van der Waals surface area contributed by atoms with Crippen LogP contribution in [0.15, 0.2) is 205 Å². The van der Waals surface area contributed by atoms with E-state index in [9.17, 15) is 0 Å². The Hall–Kier alpha value is -7.56. The Kier molecular flexibility index (Phi) is 7.46. The molecule has 11 aromatic rings. The first kappa shape index (κ1) is 31.9. The first-order valence-electron chi connectivity index (χ1n) is 18.9. The third-order valence-corrected chi connectivity index (χ3v) is 10.8. The van der Waals surface area contributed by atoms with E-state index in [2.05, 4.69) is 180 Å². The van der Waals surface area contributed by atoms with Gasteiger partial charge in [0.15, 0.2) is 11.4 Å². The molecule has 8 aromatic carbocycles. The Morgan fingerprint density at radius 2 is 0.929 bits per heavy atom. The molecule has 262 valence electrons. The van der Waals surface area contributed by atoms with E-state index in [-0.39, 0.29) is 0 Å². The summed E-state index contributed by atoms with van der Waals surface area (Å²) in [5.41, 5.74) is 15.2. The van der Waals surface area contributed by atoms with Crippen LogP contribution >= 0.6 is 0 Å². The lowest BCUT2D eigenvalue weighted by molar-refractivity contribution is 0.668. The molecule has 3 aromatic heterocycles. The summed E-state index contributed by atoms with van der Waals surface area (Å²) in [5.74, 6) is 0.665. The maximum absolute atomic E-state index is 6.90. The summed E-state index contributed by atoms with van der Waals surface area (Å²) >= 11 is 0. The van der Waals surface area contributed by atoms with Crippen molar-refractivity contribution >= 4 is 43.9 Å². The molecule has 0 saturated heterocycles. The molecule has 0 fully saturated rings. The van der Waals surface area contributed by atoms with Crippen molar-refractivity contribution in [2.75, 3.05) is 0 Å². The number of furan rings is 1. The summed E-state index contributed by atoms with van der Waals surface area (Å²) in [5, 5.41) is 3.43. The summed E-state index contributed by atoms with van der Waals surface area (Å²) in [7, 11) is 0. The van der Waals surface area contributed by atoms with Crippen LogP contribution in [0.25, 0.3) is 106 Å². The van der Waals surface area contributed by atoms with Crippen LogP contribution in [0.3, 0.4) is 0 Å². The second kappa shape index (κ2) is 13.1. The van der Waals surface area contributed by atoms with Gasteiger partial charge in [-0.15, -0.1) is 0 Å². The second-order valence-corrected chi connectivity index (χ2v) is 14.2. The standard InChI is InChI=1S/C52H33N3O/c1-4-14-34(15-5-1)35-26-28-36(29-27-35)48-51-49(54-52(53-48)37-16-6-2-7-17-37)45-24-13-23-42(50(45)56-51)40-19-12-18-38(32-40)39-30-31-44-43-22-10-11-25-46(43)55(47(44)33-39)41-20-8-3-9-21-41/h1-33H. The zero-order valence-corrected chi connectivity index (χ0v) is 30.3. The highest BCUT2D eigenvalue weighted by Crippen LogP contribution is 2.41. The van der Waals surface area contributed by atoms with Gasteiger partial charge in [0.1, 0.15) is 16.8 Å². The molecule has 0 amide bonds. The van der Waals surface area contributed by atoms with Gasteiger partial charge in [-0.1, -0.05) is 164 Å². The van der Waals surface area contributed by atoms with Gasteiger partial charge in [0.2, 0.25) is 0 Å². The number of benzene rings is 8. The molecular weight excluding hydrogens is 683 g/mol. The molecule has 0 atom stereocenters. The van der Waals surface area contributed by atoms with Gasteiger partial charge in [-0.25, -0.2) is 9.97 Å². The molecule has 0 radical (unpaired) electrons. The molecule has 0 spiro atoms. The molecule has 0 aliphatic heterocycles. The molecule has 0 bridgehead atoms. The predicted molar refractivity (Wildman–Crippen MR) is 231 cm³/mol. The van der Waals surface area contributed by atoms with Crippen molar-refractivity contribution in [1.82, 2.24) is 14.5 Å². The molecule has 3 heterocycles. The summed E-state index contributed by atoms with van der Waals surface area (Å²) < 4.78 is 9.27. The maximum atomic E-state index is 6.90. The van der Waals surface area contributed by atoms with Crippen LogP contribution in [0.5, 0.6) is 0 Å². The summed E-state index contributed by atoms with van der Waals surface area (Å²) in [6, 6.07) is 70.3. The highest BCUT2D eigenvalue weighted by Gasteiger charge is 2.21. The van der Waals surface area contributed by atoms with E-state index in [4.69, 9.17) is 14.4 Å². The first-order chi connectivity index (χ1) is 27.8. The highest BCUT2D eigenvalue weighted by atomic mass is 16.3. The van der Waals surface area contributed by atoms with Crippen molar-refractivity contribution in [3.63, 3.8) is 0 Å². The van der Waals surface area contributed by atoms with Crippen LogP contribution < -0.4 is 0 Å². The molecule has 4 heteroatoms. The van der Waals surface area contributed by atoms with Crippen LogP contribution in [0, 0.1) is 0 Å². The van der Waals surface area contributed by atoms with Crippen LogP contribution in [0.2, 0.25) is 0 Å². The van der Waals surface area contributed by atoms with Crippen molar-refractivity contribution < 1.29 is 4.42 Å². The Morgan fingerprint density at radius 1 is 0.357 bits per heavy atom. The lowest BCUT2D eigenvalue weighted by atomic mass is 9.97. The topological polar surface area (TPSA) is 43.9 Å². The van der Waals surface area contributed by atoms with E-state index in [1.165, 1.54) is 27.4 Å². The monoisotopic (exact) mass is 715 g/mol. The lowest BCUT2D eigenvalue weighted by Crippen LogP contribution is -1.93. The van der Waals surface area contributed by atoms with Gasteiger partial charge in [-0.2, -0.15) is 0 Å². The first-order valence-corrected chi connectivity index (χ1v) is 18.9. The second-order valence-electron chi connectivity index (χ2n) is 14.2. The molecule has 11 rings (SSSR count). The zero-order valence-electron chi connectivity index (χ0n) is 30.3. The van der Waals surface area contributed by atoms with E-state index < -0.39 is 0 Å². The fourth-order valence-corrected chi connectivity index (χ4v) is 8.13. The zero-order chi connectivity index (χ0) is 37.0.